The average molecular weight is 274 g/mol. The minimum Gasteiger partial charge on any atom is -0.316 e. The minimum absolute atomic E-state index is 0.564. The lowest BCUT2D eigenvalue weighted by Crippen LogP contribution is -2.24. The molecule has 2 nitrogen and oxygen atoms in total. The maximum atomic E-state index is 3.77. The van der Waals surface area contributed by atoms with Gasteiger partial charge in [-0.15, -0.1) is 6.58 Å². The summed E-state index contributed by atoms with van der Waals surface area (Å²) >= 11 is 0. The minimum atomic E-state index is 0.564. The highest BCUT2D eigenvalue weighted by molar-refractivity contribution is 5.25. The Labute approximate surface area is 124 Å². The number of hydrogen-bond acceptors (Lipinski definition) is 2. The standard InChI is InChI=1S/C18H30N2/c1-6-11-20(5)14-17-7-9-18(10-8-17)16(4)13-19-12-15(2)3/h6-10,15-16,19H,1,11-14H2,2-5H3. The summed E-state index contributed by atoms with van der Waals surface area (Å²) in [5, 5.41) is 3.53. The smallest absolute Gasteiger partial charge is 0.0233 e. The van der Waals surface area contributed by atoms with Gasteiger partial charge in [-0.1, -0.05) is 51.1 Å². The molecule has 1 atom stereocenters. The van der Waals surface area contributed by atoms with Crippen molar-refractivity contribution < 1.29 is 0 Å². The number of hydrogen-bond donors (Lipinski definition) is 1. The van der Waals surface area contributed by atoms with E-state index in [0.717, 1.165) is 26.2 Å². The second kappa shape index (κ2) is 8.93. The van der Waals surface area contributed by atoms with Crippen LogP contribution in [0.1, 0.15) is 37.8 Å². The van der Waals surface area contributed by atoms with Crippen molar-refractivity contribution in [2.45, 2.75) is 33.2 Å². The number of benzene rings is 1. The molecule has 112 valence electrons. The molecule has 0 amide bonds. The molecule has 0 bridgehead atoms. The van der Waals surface area contributed by atoms with Crippen molar-refractivity contribution in [2.24, 2.45) is 5.92 Å². The topological polar surface area (TPSA) is 15.3 Å². The van der Waals surface area contributed by atoms with Crippen LogP contribution in [0.5, 0.6) is 0 Å². The number of nitrogens with zero attached hydrogens (tertiary/aromatic N) is 1. The Hall–Kier alpha value is -1.12. The Bertz CT molecular complexity index is 381. The number of rotatable bonds is 9. The van der Waals surface area contributed by atoms with Crippen LogP contribution in [0.15, 0.2) is 36.9 Å². The lowest BCUT2D eigenvalue weighted by molar-refractivity contribution is 0.363. The van der Waals surface area contributed by atoms with Crippen molar-refractivity contribution in [3.63, 3.8) is 0 Å². The molecule has 1 unspecified atom stereocenters. The average Bonchev–Trinajstić information content (AvgIpc) is 2.39. The Morgan fingerprint density at radius 3 is 2.35 bits per heavy atom. The Balaban J connectivity index is 2.46. The molecule has 1 N–H and O–H groups in total. The molecule has 0 aromatic heterocycles. The Morgan fingerprint density at radius 2 is 1.80 bits per heavy atom. The summed E-state index contributed by atoms with van der Waals surface area (Å²) in [7, 11) is 2.12. The molecule has 1 aromatic carbocycles. The maximum Gasteiger partial charge on any atom is 0.0233 e. The van der Waals surface area contributed by atoms with E-state index in [1.165, 1.54) is 11.1 Å². The predicted molar refractivity (Wildman–Crippen MR) is 89.1 cm³/mol. The van der Waals surface area contributed by atoms with Gasteiger partial charge in [-0.2, -0.15) is 0 Å². The summed E-state index contributed by atoms with van der Waals surface area (Å²) in [6, 6.07) is 9.01. The quantitative estimate of drug-likeness (QED) is 0.691. The van der Waals surface area contributed by atoms with E-state index in [1.807, 2.05) is 6.08 Å². The molecule has 0 fully saturated rings. The van der Waals surface area contributed by atoms with Gasteiger partial charge in [-0.3, -0.25) is 4.90 Å². The lowest BCUT2D eigenvalue weighted by atomic mass is 9.99. The molecular weight excluding hydrogens is 244 g/mol. The summed E-state index contributed by atoms with van der Waals surface area (Å²) in [5.74, 6) is 1.28. The molecule has 2 heteroatoms. The van der Waals surface area contributed by atoms with Crippen LogP contribution in [0.4, 0.5) is 0 Å². The Morgan fingerprint density at radius 1 is 1.15 bits per heavy atom. The monoisotopic (exact) mass is 274 g/mol. The van der Waals surface area contributed by atoms with Crippen molar-refractivity contribution in [3.8, 4) is 0 Å². The molecule has 0 spiro atoms. The molecule has 0 aliphatic carbocycles. The summed E-state index contributed by atoms with van der Waals surface area (Å²) < 4.78 is 0. The van der Waals surface area contributed by atoms with Crippen LogP contribution >= 0.6 is 0 Å². The van der Waals surface area contributed by atoms with Crippen LogP contribution < -0.4 is 5.32 Å². The third kappa shape index (κ3) is 6.36. The summed E-state index contributed by atoms with van der Waals surface area (Å²) in [4.78, 5) is 2.26. The van der Waals surface area contributed by atoms with Crippen LogP contribution in [0.2, 0.25) is 0 Å². The van der Waals surface area contributed by atoms with Gasteiger partial charge in [0.1, 0.15) is 0 Å². The zero-order valence-electron chi connectivity index (χ0n) is 13.5. The zero-order chi connectivity index (χ0) is 15.0. The fourth-order valence-electron chi connectivity index (χ4n) is 2.25. The van der Waals surface area contributed by atoms with Gasteiger partial charge in [0.2, 0.25) is 0 Å². The Kier molecular flexibility index (Phi) is 7.56. The molecule has 0 aliphatic rings. The molecule has 0 aliphatic heterocycles. The second-order valence-corrected chi connectivity index (χ2v) is 6.18. The molecule has 0 radical (unpaired) electrons. The molecule has 0 heterocycles. The van der Waals surface area contributed by atoms with E-state index in [4.69, 9.17) is 0 Å². The normalized spacial score (nSPS) is 12.9. The van der Waals surface area contributed by atoms with Gasteiger partial charge in [0.15, 0.2) is 0 Å². The van der Waals surface area contributed by atoms with Gasteiger partial charge in [0, 0.05) is 19.6 Å². The maximum absolute atomic E-state index is 3.77. The van der Waals surface area contributed by atoms with Gasteiger partial charge in [-0.25, -0.2) is 0 Å². The molecule has 1 aromatic rings. The van der Waals surface area contributed by atoms with Gasteiger partial charge in [0.25, 0.3) is 0 Å². The largest absolute Gasteiger partial charge is 0.316 e. The third-order valence-electron chi connectivity index (χ3n) is 3.45. The summed E-state index contributed by atoms with van der Waals surface area (Å²) in [6.45, 7) is 14.6. The summed E-state index contributed by atoms with van der Waals surface area (Å²) in [6.07, 6.45) is 1.94. The van der Waals surface area contributed by atoms with E-state index >= 15 is 0 Å². The first-order chi connectivity index (χ1) is 9.52. The van der Waals surface area contributed by atoms with Gasteiger partial charge in [0.05, 0.1) is 0 Å². The van der Waals surface area contributed by atoms with E-state index in [-0.39, 0.29) is 0 Å². The van der Waals surface area contributed by atoms with E-state index in [1.54, 1.807) is 0 Å². The molecule has 0 saturated heterocycles. The highest BCUT2D eigenvalue weighted by atomic mass is 15.1. The van der Waals surface area contributed by atoms with Crippen LogP contribution in [0, 0.1) is 5.92 Å². The molecular formula is C18H30N2. The predicted octanol–water partition coefficient (Wildman–Crippen LogP) is 3.65. The second-order valence-electron chi connectivity index (χ2n) is 6.18. The lowest BCUT2D eigenvalue weighted by Gasteiger charge is -2.17. The van der Waals surface area contributed by atoms with Crippen LogP contribution in [-0.4, -0.2) is 31.6 Å². The fraction of sp³-hybridized carbons (Fsp3) is 0.556. The summed E-state index contributed by atoms with van der Waals surface area (Å²) in [5.41, 5.74) is 2.77. The first-order valence-corrected chi connectivity index (χ1v) is 7.62. The molecule has 0 saturated carbocycles. The van der Waals surface area contributed by atoms with Crippen LogP contribution in [0.3, 0.4) is 0 Å². The van der Waals surface area contributed by atoms with Gasteiger partial charge >= 0.3 is 0 Å². The van der Waals surface area contributed by atoms with Crippen molar-refractivity contribution in [1.29, 1.82) is 0 Å². The van der Waals surface area contributed by atoms with Crippen molar-refractivity contribution >= 4 is 0 Å². The fourth-order valence-corrected chi connectivity index (χ4v) is 2.25. The molecule has 1 rings (SSSR count). The van der Waals surface area contributed by atoms with Crippen LogP contribution in [-0.2, 0) is 6.54 Å². The first kappa shape index (κ1) is 16.9. The first-order valence-electron chi connectivity index (χ1n) is 7.62. The highest BCUT2D eigenvalue weighted by Crippen LogP contribution is 2.16. The van der Waals surface area contributed by atoms with Gasteiger partial charge in [-0.05, 0) is 36.6 Å². The van der Waals surface area contributed by atoms with Crippen molar-refractivity contribution in [1.82, 2.24) is 10.2 Å². The molecule has 20 heavy (non-hydrogen) atoms. The zero-order valence-corrected chi connectivity index (χ0v) is 13.5. The van der Waals surface area contributed by atoms with Gasteiger partial charge < -0.3 is 5.32 Å². The van der Waals surface area contributed by atoms with Crippen molar-refractivity contribution in [2.75, 3.05) is 26.7 Å². The van der Waals surface area contributed by atoms with E-state index in [9.17, 15) is 0 Å². The number of likely N-dealkylation sites (N-methyl/N-ethyl adjacent to an activating group) is 1. The number of nitrogens with one attached hydrogen (secondary N) is 1. The van der Waals surface area contributed by atoms with Crippen LogP contribution in [0.25, 0.3) is 0 Å². The van der Waals surface area contributed by atoms with E-state index in [2.05, 4.69) is 68.9 Å². The third-order valence-corrected chi connectivity index (χ3v) is 3.45. The SMILES string of the molecule is C=CCN(C)Cc1ccc(C(C)CNCC(C)C)cc1. The van der Waals surface area contributed by atoms with Crippen molar-refractivity contribution in [3.05, 3.63) is 48.0 Å². The highest BCUT2D eigenvalue weighted by Gasteiger charge is 2.06. The van der Waals surface area contributed by atoms with E-state index < -0.39 is 0 Å². The van der Waals surface area contributed by atoms with E-state index in [0.29, 0.717) is 11.8 Å².